The summed E-state index contributed by atoms with van der Waals surface area (Å²) in [6, 6.07) is 4.61. The van der Waals surface area contributed by atoms with Crippen molar-refractivity contribution in [1.82, 2.24) is 19.7 Å². The molecule has 6 heteroatoms. The number of aromatic nitrogens is 1. The molecule has 2 fully saturated rings. The second kappa shape index (κ2) is 9.48. The summed E-state index contributed by atoms with van der Waals surface area (Å²) in [5.74, 6) is 0.0581. The number of urea groups is 1. The highest BCUT2D eigenvalue weighted by Gasteiger charge is 2.35. The van der Waals surface area contributed by atoms with E-state index >= 15 is 0 Å². The van der Waals surface area contributed by atoms with Crippen LogP contribution in [0.25, 0.3) is 0 Å². The number of nitrogens with one attached hydrogen (secondary N) is 1. The maximum Gasteiger partial charge on any atom is 0.318 e. The van der Waals surface area contributed by atoms with Gasteiger partial charge in [0.1, 0.15) is 6.54 Å². The minimum absolute atomic E-state index is 0.0450. The molecular weight excluding hydrogens is 352 g/mol. The Kier molecular flexibility index (Phi) is 7.03. The van der Waals surface area contributed by atoms with Crippen molar-refractivity contribution in [3.8, 4) is 0 Å². The van der Waals surface area contributed by atoms with Crippen molar-refractivity contribution in [3.63, 3.8) is 0 Å². The molecule has 1 aromatic heterocycles. The lowest BCUT2D eigenvalue weighted by atomic mass is 9.96. The number of nitrogens with zero attached hydrogens (tertiary/aromatic N) is 3. The summed E-state index contributed by atoms with van der Waals surface area (Å²) in [7, 11) is 2.01. The fraction of sp³-hybridized carbons (Fsp3) is 0.727. The molecule has 1 aromatic rings. The third-order valence-corrected chi connectivity index (χ3v) is 6.31. The van der Waals surface area contributed by atoms with Crippen LogP contribution in [0.1, 0.15) is 70.9 Å². The average Bonchev–Trinajstić information content (AvgIpc) is 3.46. The molecule has 1 heterocycles. The fourth-order valence-electron chi connectivity index (χ4n) is 4.03. The van der Waals surface area contributed by atoms with E-state index < -0.39 is 0 Å². The van der Waals surface area contributed by atoms with Gasteiger partial charge in [-0.05, 0) is 51.2 Å². The van der Waals surface area contributed by atoms with Gasteiger partial charge in [-0.3, -0.25) is 4.79 Å². The highest BCUT2D eigenvalue weighted by atomic mass is 16.2. The topological polar surface area (TPSA) is 57.6 Å². The van der Waals surface area contributed by atoms with E-state index in [1.54, 1.807) is 4.90 Å². The van der Waals surface area contributed by atoms with Gasteiger partial charge in [0.25, 0.3) is 0 Å². The zero-order valence-electron chi connectivity index (χ0n) is 17.7. The number of carbonyl (C=O) groups is 2. The lowest BCUT2D eigenvalue weighted by molar-refractivity contribution is -0.133. The molecule has 0 spiro atoms. The Labute approximate surface area is 169 Å². The van der Waals surface area contributed by atoms with Gasteiger partial charge in [0.15, 0.2) is 0 Å². The van der Waals surface area contributed by atoms with Gasteiger partial charge in [0.2, 0.25) is 5.91 Å². The monoisotopic (exact) mass is 388 g/mol. The number of rotatable bonds is 8. The molecule has 156 valence electrons. The summed E-state index contributed by atoms with van der Waals surface area (Å²) in [5, 5.41) is 3.19. The van der Waals surface area contributed by atoms with Crippen molar-refractivity contribution in [1.29, 1.82) is 0 Å². The predicted octanol–water partition coefficient (Wildman–Crippen LogP) is 3.66. The van der Waals surface area contributed by atoms with Crippen LogP contribution in [0.4, 0.5) is 4.79 Å². The molecule has 1 unspecified atom stereocenters. The van der Waals surface area contributed by atoms with Crippen molar-refractivity contribution in [2.45, 2.75) is 89.9 Å². The quantitative estimate of drug-likeness (QED) is 0.739. The Morgan fingerprint density at radius 3 is 2.50 bits per heavy atom. The van der Waals surface area contributed by atoms with Gasteiger partial charge in [-0.25, -0.2) is 4.79 Å². The van der Waals surface area contributed by atoms with Crippen molar-refractivity contribution in [3.05, 3.63) is 24.0 Å². The molecule has 0 saturated heterocycles. The molecule has 1 atom stereocenters. The molecule has 0 aliphatic heterocycles. The molecule has 6 nitrogen and oxygen atoms in total. The van der Waals surface area contributed by atoms with E-state index in [2.05, 4.69) is 22.9 Å². The molecule has 0 bridgehead atoms. The van der Waals surface area contributed by atoms with Crippen molar-refractivity contribution in [2.24, 2.45) is 7.05 Å². The van der Waals surface area contributed by atoms with Crippen LogP contribution in [-0.4, -0.2) is 51.0 Å². The van der Waals surface area contributed by atoms with Gasteiger partial charge in [-0.15, -0.1) is 0 Å². The lowest BCUT2D eigenvalue weighted by Gasteiger charge is -2.33. The molecule has 0 aromatic carbocycles. The van der Waals surface area contributed by atoms with Gasteiger partial charge in [-0.1, -0.05) is 26.2 Å². The van der Waals surface area contributed by atoms with E-state index in [1.165, 1.54) is 19.3 Å². The smallest absolute Gasteiger partial charge is 0.318 e. The second-order valence-corrected chi connectivity index (χ2v) is 8.53. The second-order valence-electron chi connectivity index (χ2n) is 8.53. The van der Waals surface area contributed by atoms with Gasteiger partial charge in [-0.2, -0.15) is 0 Å². The summed E-state index contributed by atoms with van der Waals surface area (Å²) in [6.45, 7) is 4.88. The Morgan fingerprint density at radius 2 is 1.93 bits per heavy atom. The van der Waals surface area contributed by atoms with E-state index in [4.69, 9.17) is 0 Å². The summed E-state index contributed by atoms with van der Waals surface area (Å²) >= 11 is 0. The molecule has 0 radical (unpaired) electrons. The third kappa shape index (κ3) is 5.30. The van der Waals surface area contributed by atoms with Gasteiger partial charge < -0.3 is 19.7 Å². The molecule has 2 aliphatic rings. The first kappa shape index (κ1) is 20.7. The first-order chi connectivity index (χ1) is 13.5. The van der Waals surface area contributed by atoms with Crippen LogP contribution in [0.5, 0.6) is 0 Å². The first-order valence-corrected chi connectivity index (χ1v) is 11.0. The average molecular weight is 389 g/mol. The largest absolute Gasteiger partial charge is 0.353 e. The van der Waals surface area contributed by atoms with Crippen molar-refractivity contribution >= 4 is 11.9 Å². The van der Waals surface area contributed by atoms with Crippen LogP contribution in [0.2, 0.25) is 0 Å². The summed E-state index contributed by atoms with van der Waals surface area (Å²) in [5.41, 5.74) is 1.13. The molecule has 3 amide bonds. The van der Waals surface area contributed by atoms with Crippen LogP contribution >= 0.6 is 0 Å². The fourth-order valence-corrected chi connectivity index (χ4v) is 4.03. The number of carbonyl (C=O) groups excluding carboxylic acids is 2. The maximum atomic E-state index is 13.2. The van der Waals surface area contributed by atoms with Crippen LogP contribution < -0.4 is 5.32 Å². The van der Waals surface area contributed by atoms with Crippen molar-refractivity contribution < 1.29 is 9.59 Å². The van der Waals surface area contributed by atoms with E-state index in [1.807, 2.05) is 31.1 Å². The Balaban J connectivity index is 1.65. The standard InChI is InChI=1S/C22H36N4O2/c1-4-17(2)25(22(28)23-18-9-6-5-7-10-18)16-21(27)26(19-12-13-19)15-20-11-8-14-24(20)3/h8,11,14,17-19H,4-7,9-10,12-13,15-16H2,1-3H3,(H,23,28). The summed E-state index contributed by atoms with van der Waals surface area (Å²) < 4.78 is 2.06. The lowest BCUT2D eigenvalue weighted by Crippen LogP contribution is -2.52. The highest BCUT2D eigenvalue weighted by Crippen LogP contribution is 2.29. The summed E-state index contributed by atoms with van der Waals surface area (Å²) in [4.78, 5) is 29.9. The van der Waals surface area contributed by atoms with Gasteiger partial charge in [0.05, 0.1) is 6.54 Å². The predicted molar refractivity (Wildman–Crippen MR) is 111 cm³/mol. The zero-order chi connectivity index (χ0) is 20.1. The first-order valence-electron chi connectivity index (χ1n) is 11.0. The van der Waals surface area contributed by atoms with Crippen LogP contribution in [0, 0.1) is 0 Å². The Morgan fingerprint density at radius 1 is 1.21 bits per heavy atom. The van der Waals surface area contributed by atoms with Gasteiger partial charge >= 0.3 is 6.03 Å². The van der Waals surface area contributed by atoms with Gasteiger partial charge in [0, 0.05) is 37.1 Å². The molecular formula is C22H36N4O2. The van der Waals surface area contributed by atoms with E-state index in [-0.39, 0.29) is 30.6 Å². The molecule has 3 rings (SSSR count). The summed E-state index contributed by atoms with van der Waals surface area (Å²) in [6.07, 6.45) is 10.7. The normalized spacial score (nSPS) is 18.5. The molecule has 28 heavy (non-hydrogen) atoms. The van der Waals surface area contributed by atoms with Crippen molar-refractivity contribution in [2.75, 3.05) is 6.54 Å². The highest BCUT2D eigenvalue weighted by molar-refractivity contribution is 5.84. The van der Waals surface area contributed by atoms with E-state index in [0.29, 0.717) is 12.6 Å². The number of hydrogen-bond donors (Lipinski definition) is 1. The molecule has 1 N–H and O–H groups in total. The Bertz CT molecular complexity index is 661. The SMILES string of the molecule is CCC(C)N(CC(=O)N(Cc1cccn1C)C1CC1)C(=O)NC1CCCCC1. The number of amides is 3. The van der Waals surface area contributed by atoms with Crippen LogP contribution in [0.15, 0.2) is 18.3 Å². The van der Waals surface area contributed by atoms with E-state index in [9.17, 15) is 9.59 Å². The molecule has 2 aliphatic carbocycles. The van der Waals surface area contributed by atoms with Crippen LogP contribution in [-0.2, 0) is 18.4 Å². The maximum absolute atomic E-state index is 13.2. The van der Waals surface area contributed by atoms with Crippen LogP contribution in [0.3, 0.4) is 0 Å². The minimum Gasteiger partial charge on any atom is -0.353 e. The zero-order valence-corrected chi connectivity index (χ0v) is 17.7. The Hall–Kier alpha value is -1.98. The van der Waals surface area contributed by atoms with E-state index in [0.717, 1.165) is 37.8 Å². The minimum atomic E-state index is -0.0794. The third-order valence-electron chi connectivity index (χ3n) is 6.31. The number of hydrogen-bond acceptors (Lipinski definition) is 2. The molecule has 2 saturated carbocycles. The number of aryl methyl sites for hydroxylation is 1.